The van der Waals surface area contributed by atoms with Crippen molar-refractivity contribution < 1.29 is 9.53 Å². The highest BCUT2D eigenvalue weighted by Gasteiger charge is 2.11. The number of hydrogen-bond acceptors (Lipinski definition) is 6. The molecule has 1 amide bonds. The van der Waals surface area contributed by atoms with E-state index in [2.05, 4.69) is 25.6 Å². The molecular formula is C18H19N5O2. The van der Waals surface area contributed by atoms with Crippen molar-refractivity contribution in [3.05, 3.63) is 54.6 Å². The molecule has 0 spiro atoms. The topological polar surface area (TPSA) is 89.0 Å². The fourth-order valence-corrected chi connectivity index (χ4v) is 2.36. The molecule has 0 saturated carbocycles. The Kier molecular flexibility index (Phi) is 5.48. The highest BCUT2D eigenvalue weighted by molar-refractivity contribution is 6.07. The summed E-state index contributed by atoms with van der Waals surface area (Å²) < 4.78 is 4.98. The number of benzene rings is 1. The summed E-state index contributed by atoms with van der Waals surface area (Å²) in [6, 6.07) is 9.44. The number of nitrogens with one attached hydrogen (secondary N) is 2. The molecular weight excluding hydrogens is 318 g/mol. The van der Waals surface area contributed by atoms with E-state index in [1.165, 1.54) is 6.20 Å². The van der Waals surface area contributed by atoms with Crippen molar-refractivity contribution in [1.82, 2.24) is 15.0 Å². The molecule has 0 fully saturated rings. The van der Waals surface area contributed by atoms with Crippen molar-refractivity contribution in [2.45, 2.75) is 6.42 Å². The van der Waals surface area contributed by atoms with Crippen LogP contribution in [0.4, 0.5) is 11.5 Å². The van der Waals surface area contributed by atoms with Crippen molar-refractivity contribution in [2.24, 2.45) is 0 Å². The zero-order chi connectivity index (χ0) is 17.5. The molecule has 2 N–H and O–H groups in total. The van der Waals surface area contributed by atoms with Crippen molar-refractivity contribution in [3.63, 3.8) is 0 Å². The Bertz CT molecular complexity index is 846. The number of methoxy groups -OCH3 is 1. The molecule has 25 heavy (non-hydrogen) atoms. The zero-order valence-corrected chi connectivity index (χ0v) is 13.9. The Hall–Kier alpha value is -3.06. The lowest BCUT2D eigenvalue weighted by molar-refractivity contribution is 0.102. The number of hydrogen-bond donors (Lipinski definition) is 2. The van der Waals surface area contributed by atoms with Gasteiger partial charge in [-0.2, -0.15) is 0 Å². The summed E-state index contributed by atoms with van der Waals surface area (Å²) in [5.74, 6) is 0.302. The summed E-state index contributed by atoms with van der Waals surface area (Å²) >= 11 is 0. The van der Waals surface area contributed by atoms with Crippen LogP contribution >= 0.6 is 0 Å². The molecule has 0 aliphatic rings. The second-order valence-electron chi connectivity index (χ2n) is 5.39. The van der Waals surface area contributed by atoms with Gasteiger partial charge in [0.15, 0.2) is 0 Å². The number of nitrogens with zero attached hydrogens (tertiary/aromatic N) is 3. The Morgan fingerprint density at radius 1 is 1.12 bits per heavy atom. The van der Waals surface area contributed by atoms with Crippen LogP contribution in [0.1, 0.15) is 16.9 Å². The third kappa shape index (κ3) is 4.27. The minimum absolute atomic E-state index is 0.246. The minimum atomic E-state index is -0.323. The number of rotatable bonds is 7. The van der Waals surface area contributed by atoms with Crippen molar-refractivity contribution in [2.75, 3.05) is 30.9 Å². The number of pyridine rings is 1. The smallest absolute Gasteiger partial charge is 0.275 e. The molecule has 0 aliphatic heterocycles. The van der Waals surface area contributed by atoms with E-state index in [-0.39, 0.29) is 11.6 Å². The minimum Gasteiger partial charge on any atom is -0.385 e. The summed E-state index contributed by atoms with van der Waals surface area (Å²) in [4.78, 5) is 25.1. The number of carbonyl (C=O) groups excluding carboxylic acids is 1. The maximum Gasteiger partial charge on any atom is 0.275 e. The van der Waals surface area contributed by atoms with E-state index in [1.54, 1.807) is 19.5 Å². The molecule has 0 saturated heterocycles. The maximum atomic E-state index is 12.4. The number of carbonyl (C=O) groups is 1. The van der Waals surface area contributed by atoms with Gasteiger partial charge in [0.25, 0.3) is 5.91 Å². The summed E-state index contributed by atoms with van der Waals surface area (Å²) in [5.41, 5.74) is 1.63. The van der Waals surface area contributed by atoms with Crippen molar-refractivity contribution >= 4 is 28.3 Å². The number of fused-ring (bicyclic) bond motifs is 1. The second-order valence-corrected chi connectivity index (χ2v) is 5.39. The van der Waals surface area contributed by atoms with Crippen LogP contribution in [-0.2, 0) is 4.74 Å². The molecule has 3 rings (SSSR count). The lowest BCUT2D eigenvalue weighted by Gasteiger charge is -2.08. The molecule has 1 aromatic carbocycles. The van der Waals surface area contributed by atoms with Crippen LogP contribution in [0.3, 0.4) is 0 Å². The van der Waals surface area contributed by atoms with Crippen LogP contribution in [0.2, 0.25) is 0 Å². The first-order valence-corrected chi connectivity index (χ1v) is 7.98. The average Bonchev–Trinajstić information content (AvgIpc) is 2.66. The van der Waals surface area contributed by atoms with Gasteiger partial charge in [-0.15, -0.1) is 0 Å². The van der Waals surface area contributed by atoms with Crippen LogP contribution in [0.15, 0.2) is 48.9 Å². The van der Waals surface area contributed by atoms with Gasteiger partial charge in [-0.3, -0.25) is 9.78 Å². The van der Waals surface area contributed by atoms with Gasteiger partial charge in [0.05, 0.1) is 23.6 Å². The van der Waals surface area contributed by atoms with Gasteiger partial charge in [-0.1, -0.05) is 18.2 Å². The third-order valence-corrected chi connectivity index (χ3v) is 3.60. The molecule has 7 heteroatoms. The Balaban J connectivity index is 1.66. The van der Waals surface area contributed by atoms with Gasteiger partial charge in [0.2, 0.25) is 0 Å². The monoisotopic (exact) mass is 337 g/mol. The van der Waals surface area contributed by atoms with E-state index in [0.29, 0.717) is 18.1 Å². The molecule has 2 aromatic heterocycles. The van der Waals surface area contributed by atoms with E-state index < -0.39 is 0 Å². The molecule has 0 atom stereocenters. The molecule has 0 radical (unpaired) electrons. The predicted molar refractivity (Wildman–Crippen MR) is 96.7 cm³/mol. The largest absolute Gasteiger partial charge is 0.385 e. The van der Waals surface area contributed by atoms with E-state index in [9.17, 15) is 4.79 Å². The summed E-state index contributed by atoms with van der Waals surface area (Å²) in [6.07, 6.45) is 5.56. The normalized spacial score (nSPS) is 10.6. The van der Waals surface area contributed by atoms with E-state index in [4.69, 9.17) is 4.74 Å². The quantitative estimate of drug-likeness (QED) is 0.645. The Labute approximate surface area is 145 Å². The molecule has 0 unspecified atom stereocenters. The lowest BCUT2D eigenvalue weighted by atomic mass is 10.2. The van der Waals surface area contributed by atoms with Gasteiger partial charge in [0.1, 0.15) is 11.5 Å². The SMILES string of the molecule is COCCCNc1cnc(C(=O)Nc2cccc3cccnc23)cn1. The predicted octanol–water partition coefficient (Wildman–Crippen LogP) is 2.73. The van der Waals surface area contributed by atoms with Crippen LogP contribution in [-0.4, -0.2) is 41.1 Å². The molecule has 0 bridgehead atoms. The lowest BCUT2D eigenvalue weighted by Crippen LogP contribution is -2.15. The third-order valence-electron chi connectivity index (χ3n) is 3.60. The van der Waals surface area contributed by atoms with Crippen LogP contribution in [0.25, 0.3) is 10.9 Å². The number of ether oxygens (including phenoxy) is 1. The van der Waals surface area contributed by atoms with Crippen molar-refractivity contribution in [3.8, 4) is 0 Å². The van der Waals surface area contributed by atoms with Crippen LogP contribution in [0.5, 0.6) is 0 Å². The summed E-state index contributed by atoms with van der Waals surface area (Å²) in [6.45, 7) is 1.41. The average molecular weight is 337 g/mol. The van der Waals surface area contributed by atoms with Gasteiger partial charge in [-0.05, 0) is 18.6 Å². The molecule has 7 nitrogen and oxygen atoms in total. The maximum absolute atomic E-state index is 12.4. The molecule has 2 heterocycles. The number of aromatic nitrogens is 3. The van der Waals surface area contributed by atoms with Gasteiger partial charge < -0.3 is 15.4 Å². The standard InChI is InChI=1S/C18H19N5O2/c1-25-10-4-9-19-16-12-21-15(11-22-16)18(24)23-14-7-2-5-13-6-3-8-20-17(13)14/h2-3,5-8,11-12H,4,9-10H2,1H3,(H,19,22)(H,23,24). The number of amides is 1. The zero-order valence-electron chi connectivity index (χ0n) is 13.9. The summed E-state index contributed by atoms with van der Waals surface area (Å²) in [7, 11) is 1.67. The fourth-order valence-electron chi connectivity index (χ4n) is 2.36. The number of anilines is 2. The van der Waals surface area contributed by atoms with Gasteiger partial charge >= 0.3 is 0 Å². The first kappa shape index (κ1) is 16.8. The van der Waals surface area contributed by atoms with Gasteiger partial charge in [0, 0.05) is 31.8 Å². The van der Waals surface area contributed by atoms with Crippen LogP contribution in [0, 0.1) is 0 Å². The van der Waals surface area contributed by atoms with Crippen molar-refractivity contribution in [1.29, 1.82) is 0 Å². The van der Waals surface area contributed by atoms with Crippen LogP contribution < -0.4 is 10.6 Å². The summed E-state index contributed by atoms with van der Waals surface area (Å²) in [5, 5.41) is 6.92. The molecule has 0 aliphatic carbocycles. The molecule has 3 aromatic rings. The van der Waals surface area contributed by atoms with E-state index >= 15 is 0 Å². The van der Waals surface area contributed by atoms with E-state index in [1.807, 2.05) is 30.3 Å². The molecule has 128 valence electrons. The fraction of sp³-hybridized carbons (Fsp3) is 0.222. The highest BCUT2D eigenvalue weighted by atomic mass is 16.5. The first-order valence-electron chi connectivity index (χ1n) is 7.98. The number of para-hydroxylation sites is 1. The highest BCUT2D eigenvalue weighted by Crippen LogP contribution is 2.21. The van der Waals surface area contributed by atoms with Gasteiger partial charge in [-0.25, -0.2) is 9.97 Å². The Morgan fingerprint density at radius 2 is 2.00 bits per heavy atom. The Morgan fingerprint density at radius 3 is 2.80 bits per heavy atom. The second kappa shape index (κ2) is 8.16. The first-order chi connectivity index (χ1) is 12.3. The van der Waals surface area contributed by atoms with E-state index in [0.717, 1.165) is 23.9 Å².